The lowest BCUT2D eigenvalue weighted by molar-refractivity contribution is -0.120. The van der Waals surface area contributed by atoms with Gasteiger partial charge < -0.3 is 20.7 Å². The first-order chi connectivity index (χ1) is 16.3. The van der Waals surface area contributed by atoms with Gasteiger partial charge in [0.1, 0.15) is 6.61 Å². The summed E-state index contributed by atoms with van der Waals surface area (Å²) in [6.45, 7) is 8.24. The molecular formula is C26H32N6O2. The second kappa shape index (κ2) is 10.1. The maximum Gasteiger partial charge on any atom is 0.227 e. The Morgan fingerprint density at radius 1 is 1.12 bits per heavy atom. The Labute approximate surface area is 200 Å². The molecule has 34 heavy (non-hydrogen) atoms. The van der Waals surface area contributed by atoms with Crippen molar-refractivity contribution in [2.45, 2.75) is 45.6 Å². The second-order valence-electron chi connectivity index (χ2n) is 9.60. The first kappa shape index (κ1) is 23.5. The normalized spacial score (nSPS) is 14.6. The highest BCUT2D eigenvalue weighted by molar-refractivity contribution is 5.92. The highest BCUT2D eigenvalue weighted by atomic mass is 16.5. The van der Waals surface area contributed by atoms with Gasteiger partial charge in [0, 0.05) is 37.1 Å². The third-order valence-electron chi connectivity index (χ3n) is 6.02. The van der Waals surface area contributed by atoms with E-state index in [0.717, 1.165) is 37.4 Å². The van der Waals surface area contributed by atoms with Crippen molar-refractivity contribution in [3.63, 3.8) is 0 Å². The molecule has 1 aliphatic rings. The number of ether oxygens (including phenoxy) is 1. The highest BCUT2D eigenvalue weighted by Crippen LogP contribution is 2.31. The Hall–Kier alpha value is -3.68. The fraction of sp³-hybridized carbons (Fsp3) is 0.385. The molecule has 0 saturated carbocycles. The van der Waals surface area contributed by atoms with E-state index in [4.69, 9.17) is 10.5 Å². The number of carbonyl (C=O) groups excluding carboxylic acids is 1. The van der Waals surface area contributed by atoms with Gasteiger partial charge in [-0.2, -0.15) is 0 Å². The van der Waals surface area contributed by atoms with E-state index in [0.29, 0.717) is 11.4 Å². The van der Waals surface area contributed by atoms with Gasteiger partial charge in [0.05, 0.1) is 5.69 Å². The summed E-state index contributed by atoms with van der Waals surface area (Å²) < 4.78 is 5.99. The van der Waals surface area contributed by atoms with Crippen LogP contribution in [0.3, 0.4) is 0 Å². The van der Waals surface area contributed by atoms with Gasteiger partial charge in [-0.05, 0) is 54.2 Å². The molecule has 0 bridgehead atoms. The first-order valence-corrected chi connectivity index (χ1v) is 11.6. The summed E-state index contributed by atoms with van der Waals surface area (Å²) in [6.07, 6.45) is 4.87. The summed E-state index contributed by atoms with van der Waals surface area (Å²) >= 11 is 0. The van der Waals surface area contributed by atoms with E-state index >= 15 is 0 Å². The number of pyridine rings is 1. The monoisotopic (exact) mass is 460 g/mol. The molecule has 8 nitrogen and oxygen atoms in total. The van der Waals surface area contributed by atoms with E-state index in [1.807, 2.05) is 24.3 Å². The fourth-order valence-electron chi connectivity index (χ4n) is 4.04. The minimum Gasteiger partial charge on any atom is -0.483 e. The van der Waals surface area contributed by atoms with E-state index in [9.17, 15) is 4.79 Å². The maximum absolute atomic E-state index is 12.9. The molecule has 1 aromatic carbocycles. The van der Waals surface area contributed by atoms with E-state index < -0.39 is 0 Å². The molecule has 1 fully saturated rings. The van der Waals surface area contributed by atoms with Crippen molar-refractivity contribution in [1.29, 1.82) is 0 Å². The summed E-state index contributed by atoms with van der Waals surface area (Å²) in [7, 11) is 0. The van der Waals surface area contributed by atoms with Gasteiger partial charge >= 0.3 is 0 Å². The van der Waals surface area contributed by atoms with Crippen molar-refractivity contribution in [2.24, 2.45) is 5.92 Å². The summed E-state index contributed by atoms with van der Waals surface area (Å²) in [5.41, 5.74) is 8.45. The van der Waals surface area contributed by atoms with Crippen LogP contribution < -0.4 is 20.7 Å². The van der Waals surface area contributed by atoms with Gasteiger partial charge in [-0.15, -0.1) is 0 Å². The lowest BCUT2D eigenvalue weighted by Crippen LogP contribution is -2.38. The summed E-state index contributed by atoms with van der Waals surface area (Å²) in [5.74, 6) is 1.72. The van der Waals surface area contributed by atoms with E-state index in [1.165, 1.54) is 5.56 Å². The van der Waals surface area contributed by atoms with Crippen molar-refractivity contribution in [2.75, 3.05) is 29.0 Å². The molecule has 3 aromatic rings. The molecular weight excluding hydrogens is 428 g/mol. The Kier molecular flexibility index (Phi) is 6.95. The molecule has 0 spiro atoms. The molecule has 0 radical (unpaired) electrons. The zero-order valence-corrected chi connectivity index (χ0v) is 20.0. The van der Waals surface area contributed by atoms with Crippen molar-refractivity contribution < 1.29 is 9.53 Å². The molecule has 4 rings (SSSR count). The van der Waals surface area contributed by atoms with Gasteiger partial charge in [0.2, 0.25) is 11.9 Å². The van der Waals surface area contributed by atoms with Crippen LogP contribution in [0.4, 0.5) is 17.5 Å². The number of aromatic nitrogens is 3. The maximum atomic E-state index is 12.9. The topological polar surface area (TPSA) is 106 Å². The van der Waals surface area contributed by atoms with Crippen molar-refractivity contribution in [3.8, 4) is 5.75 Å². The average molecular weight is 461 g/mol. The number of hydrogen-bond acceptors (Lipinski definition) is 7. The number of nitrogens with one attached hydrogen (secondary N) is 1. The van der Waals surface area contributed by atoms with Crippen LogP contribution in [0.5, 0.6) is 5.75 Å². The largest absolute Gasteiger partial charge is 0.483 e. The number of nitrogen functional groups attached to an aromatic ring is 1. The zero-order valence-electron chi connectivity index (χ0n) is 20.0. The summed E-state index contributed by atoms with van der Waals surface area (Å²) in [6, 6.07) is 13.6. The van der Waals surface area contributed by atoms with Crippen LogP contribution in [0.1, 0.15) is 44.9 Å². The third-order valence-corrected chi connectivity index (χ3v) is 6.02. The lowest BCUT2D eigenvalue weighted by atomic mass is 9.87. The molecule has 3 N–H and O–H groups in total. The van der Waals surface area contributed by atoms with Gasteiger partial charge in [0.15, 0.2) is 11.6 Å². The number of nitrogens with two attached hydrogens (primary N) is 1. The molecule has 178 valence electrons. The number of hydrogen-bond donors (Lipinski definition) is 2. The number of amides is 1. The van der Waals surface area contributed by atoms with E-state index in [2.05, 4.69) is 58.1 Å². The van der Waals surface area contributed by atoms with E-state index in [-0.39, 0.29) is 29.8 Å². The molecule has 1 amide bonds. The van der Waals surface area contributed by atoms with Gasteiger partial charge in [-0.25, -0.2) is 15.0 Å². The standard InChI is InChI=1S/C26H32N6O2/c1-26(2,3)19-6-4-7-20(16-19)30-24(33)18-10-14-32(15-11-18)23-22(8-5-12-28-23)34-17-21-9-13-29-25(27)31-21/h4-9,12-13,16,18H,10-11,14-15,17H2,1-3H3,(H,30,33)(H2,27,29,31). The Balaban J connectivity index is 1.35. The first-order valence-electron chi connectivity index (χ1n) is 11.6. The quantitative estimate of drug-likeness (QED) is 0.568. The number of nitrogens with zero attached hydrogens (tertiary/aromatic N) is 4. The van der Waals surface area contributed by atoms with Crippen LogP contribution in [-0.4, -0.2) is 33.9 Å². The Morgan fingerprint density at radius 2 is 1.91 bits per heavy atom. The molecule has 0 atom stereocenters. The van der Waals surface area contributed by atoms with Gasteiger partial charge in [0.25, 0.3) is 0 Å². The zero-order chi connectivity index (χ0) is 24.1. The van der Waals surface area contributed by atoms with Crippen molar-refractivity contribution in [3.05, 3.63) is 66.1 Å². The van der Waals surface area contributed by atoms with Crippen molar-refractivity contribution in [1.82, 2.24) is 15.0 Å². The Morgan fingerprint density at radius 3 is 2.65 bits per heavy atom. The summed E-state index contributed by atoms with van der Waals surface area (Å²) in [4.78, 5) is 27.7. The number of benzene rings is 1. The highest BCUT2D eigenvalue weighted by Gasteiger charge is 2.27. The van der Waals surface area contributed by atoms with Gasteiger partial charge in [-0.3, -0.25) is 4.79 Å². The second-order valence-corrected chi connectivity index (χ2v) is 9.60. The number of carbonyl (C=O) groups is 1. The molecule has 8 heteroatoms. The third kappa shape index (κ3) is 5.81. The van der Waals surface area contributed by atoms with Crippen LogP contribution in [0.25, 0.3) is 0 Å². The SMILES string of the molecule is CC(C)(C)c1cccc(NC(=O)C2CCN(c3ncccc3OCc3ccnc(N)n3)CC2)c1. The predicted octanol–water partition coefficient (Wildman–Crippen LogP) is 4.19. The molecule has 1 saturated heterocycles. The fourth-order valence-corrected chi connectivity index (χ4v) is 4.04. The van der Waals surface area contributed by atoms with E-state index in [1.54, 1.807) is 18.5 Å². The number of anilines is 3. The predicted molar refractivity (Wildman–Crippen MR) is 134 cm³/mol. The average Bonchev–Trinajstić information content (AvgIpc) is 2.83. The minimum atomic E-state index is -0.0355. The minimum absolute atomic E-state index is 0.0355. The van der Waals surface area contributed by atoms with Crippen LogP contribution >= 0.6 is 0 Å². The Bertz CT molecular complexity index is 1140. The molecule has 3 heterocycles. The van der Waals surface area contributed by atoms with Crippen LogP contribution in [0.15, 0.2) is 54.9 Å². The van der Waals surface area contributed by atoms with Crippen LogP contribution in [0, 0.1) is 5.92 Å². The number of piperidine rings is 1. The summed E-state index contributed by atoms with van der Waals surface area (Å²) in [5, 5.41) is 3.11. The number of rotatable bonds is 6. The van der Waals surface area contributed by atoms with Gasteiger partial charge in [-0.1, -0.05) is 32.9 Å². The molecule has 1 aliphatic heterocycles. The van der Waals surface area contributed by atoms with Crippen LogP contribution in [0.2, 0.25) is 0 Å². The van der Waals surface area contributed by atoms with Crippen molar-refractivity contribution >= 4 is 23.4 Å². The molecule has 2 aromatic heterocycles. The lowest BCUT2D eigenvalue weighted by Gasteiger charge is -2.33. The molecule has 0 unspecified atom stereocenters. The molecule has 0 aliphatic carbocycles. The van der Waals surface area contributed by atoms with Crippen LogP contribution in [-0.2, 0) is 16.8 Å². The smallest absolute Gasteiger partial charge is 0.227 e.